The van der Waals surface area contributed by atoms with E-state index in [2.05, 4.69) is 15.6 Å². The Balaban J connectivity index is 1.89. The number of aromatic nitrogens is 2. The fourth-order valence-electron chi connectivity index (χ4n) is 3.04. The number of hydrogen-bond acceptors (Lipinski definition) is 6. The lowest BCUT2D eigenvalue weighted by Crippen LogP contribution is -2.25. The predicted molar refractivity (Wildman–Crippen MR) is 113 cm³/mol. The molecule has 0 fully saturated rings. The van der Waals surface area contributed by atoms with Crippen LogP contribution < -0.4 is 25.8 Å². The van der Waals surface area contributed by atoms with Gasteiger partial charge in [0.2, 0.25) is 0 Å². The van der Waals surface area contributed by atoms with Gasteiger partial charge in [0.15, 0.2) is 5.69 Å². The summed E-state index contributed by atoms with van der Waals surface area (Å²) in [6.07, 6.45) is 1.33. The first-order chi connectivity index (χ1) is 14.9. The van der Waals surface area contributed by atoms with E-state index in [0.29, 0.717) is 22.9 Å². The summed E-state index contributed by atoms with van der Waals surface area (Å²) in [5.41, 5.74) is 6.61. The Labute approximate surface area is 178 Å². The number of carbonyl (C=O) groups is 3. The number of rotatable bonds is 7. The van der Waals surface area contributed by atoms with E-state index in [0.717, 1.165) is 0 Å². The number of anilines is 1. The van der Waals surface area contributed by atoms with Crippen LogP contribution in [0.5, 0.6) is 11.5 Å². The van der Waals surface area contributed by atoms with Crippen LogP contribution >= 0.6 is 0 Å². The molecule has 1 aromatic heterocycles. The fraction of sp³-hybridized carbons (Fsp3) is 0.143. The molecule has 0 saturated carbocycles. The van der Waals surface area contributed by atoms with Gasteiger partial charge in [-0.05, 0) is 36.4 Å². The van der Waals surface area contributed by atoms with Crippen LogP contribution in [0, 0.1) is 0 Å². The molecule has 0 aliphatic carbocycles. The minimum absolute atomic E-state index is 0.0464. The van der Waals surface area contributed by atoms with Gasteiger partial charge in [0.05, 0.1) is 14.2 Å². The highest BCUT2D eigenvalue weighted by atomic mass is 16.5. The van der Waals surface area contributed by atoms with Gasteiger partial charge in [-0.15, -0.1) is 0 Å². The van der Waals surface area contributed by atoms with E-state index >= 15 is 0 Å². The Kier molecular flexibility index (Phi) is 6.20. The average molecular weight is 423 g/mol. The largest absolute Gasteiger partial charge is 0.496 e. The quantitative estimate of drug-likeness (QED) is 0.528. The van der Waals surface area contributed by atoms with Crippen molar-refractivity contribution in [2.45, 2.75) is 0 Å². The van der Waals surface area contributed by atoms with Crippen molar-refractivity contribution in [3.05, 3.63) is 65.7 Å². The highest BCUT2D eigenvalue weighted by Gasteiger charge is 2.22. The van der Waals surface area contributed by atoms with Gasteiger partial charge in [-0.3, -0.25) is 19.0 Å². The summed E-state index contributed by atoms with van der Waals surface area (Å²) in [6, 6.07) is 11.6. The van der Waals surface area contributed by atoms with E-state index < -0.39 is 17.7 Å². The number of ether oxygens (including phenoxy) is 2. The second-order valence-corrected chi connectivity index (χ2v) is 6.29. The van der Waals surface area contributed by atoms with Gasteiger partial charge in [0.1, 0.15) is 29.1 Å². The third-order valence-corrected chi connectivity index (χ3v) is 4.50. The molecule has 3 amide bonds. The summed E-state index contributed by atoms with van der Waals surface area (Å²) in [6.45, 7) is 0. The molecule has 0 aliphatic heterocycles. The highest BCUT2D eigenvalue weighted by Crippen LogP contribution is 2.29. The van der Waals surface area contributed by atoms with Crippen LogP contribution in [0.3, 0.4) is 0 Å². The first-order valence-corrected chi connectivity index (χ1v) is 9.13. The maximum Gasteiger partial charge on any atom is 0.272 e. The Morgan fingerprint density at radius 3 is 2.10 bits per heavy atom. The molecule has 0 saturated heterocycles. The molecule has 0 atom stereocenters. The van der Waals surface area contributed by atoms with E-state index in [1.807, 2.05) is 0 Å². The molecule has 4 N–H and O–H groups in total. The molecule has 10 nitrogen and oxygen atoms in total. The van der Waals surface area contributed by atoms with E-state index in [1.54, 1.807) is 42.5 Å². The summed E-state index contributed by atoms with van der Waals surface area (Å²) < 4.78 is 11.9. The minimum Gasteiger partial charge on any atom is -0.496 e. The molecule has 0 unspecified atom stereocenters. The number of benzene rings is 2. The summed E-state index contributed by atoms with van der Waals surface area (Å²) in [7, 11) is 4.37. The SMILES string of the molecule is CNC(=O)c1ncn(-c2ccc(NC(=O)c3c(OC)cccc3OC)cc2)c1C(N)=O. The maximum atomic E-state index is 12.8. The smallest absolute Gasteiger partial charge is 0.272 e. The third kappa shape index (κ3) is 4.17. The first-order valence-electron chi connectivity index (χ1n) is 9.13. The number of hydrogen-bond donors (Lipinski definition) is 3. The van der Waals surface area contributed by atoms with Gasteiger partial charge in [-0.25, -0.2) is 4.98 Å². The molecular formula is C21H21N5O5. The zero-order valence-electron chi connectivity index (χ0n) is 17.1. The number of nitrogens with one attached hydrogen (secondary N) is 2. The molecular weight excluding hydrogens is 402 g/mol. The fourth-order valence-corrected chi connectivity index (χ4v) is 3.04. The molecule has 0 bridgehead atoms. The Morgan fingerprint density at radius 1 is 0.968 bits per heavy atom. The van der Waals surface area contributed by atoms with E-state index in [-0.39, 0.29) is 17.0 Å². The molecule has 31 heavy (non-hydrogen) atoms. The van der Waals surface area contributed by atoms with Crippen molar-refractivity contribution in [2.24, 2.45) is 5.73 Å². The van der Waals surface area contributed by atoms with Crippen LogP contribution in [-0.4, -0.2) is 48.5 Å². The zero-order chi connectivity index (χ0) is 22.5. The molecule has 3 aromatic rings. The van der Waals surface area contributed by atoms with Crippen molar-refractivity contribution >= 4 is 23.4 Å². The Hall–Kier alpha value is -4.34. The van der Waals surface area contributed by atoms with Gasteiger partial charge < -0.3 is 25.8 Å². The number of methoxy groups -OCH3 is 2. The number of primary amides is 1. The average Bonchev–Trinajstić information content (AvgIpc) is 3.23. The number of nitrogens with zero attached hydrogens (tertiary/aromatic N) is 2. The van der Waals surface area contributed by atoms with Crippen LogP contribution in [0.1, 0.15) is 31.3 Å². The highest BCUT2D eigenvalue weighted by molar-refractivity contribution is 6.08. The van der Waals surface area contributed by atoms with Crippen molar-refractivity contribution in [3.8, 4) is 17.2 Å². The molecule has 0 spiro atoms. The number of imidazole rings is 1. The third-order valence-electron chi connectivity index (χ3n) is 4.50. The minimum atomic E-state index is -0.795. The van der Waals surface area contributed by atoms with Crippen LogP contribution in [0.4, 0.5) is 5.69 Å². The number of carbonyl (C=O) groups excluding carboxylic acids is 3. The lowest BCUT2D eigenvalue weighted by atomic mass is 10.1. The van der Waals surface area contributed by atoms with E-state index in [4.69, 9.17) is 15.2 Å². The van der Waals surface area contributed by atoms with Crippen molar-refractivity contribution in [2.75, 3.05) is 26.6 Å². The second kappa shape index (κ2) is 8.99. The lowest BCUT2D eigenvalue weighted by Gasteiger charge is -2.13. The predicted octanol–water partition coefficient (Wildman–Crippen LogP) is 1.60. The van der Waals surface area contributed by atoms with Gasteiger partial charge in [-0.2, -0.15) is 0 Å². The summed E-state index contributed by atoms with van der Waals surface area (Å²) in [5.74, 6) is -0.984. The topological polar surface area (TPSA) is 138 Å². The molecule has 1 heterocycles. The van der Waals surface area contributed by atoms with E-state index in [1.165, 1.54) is 32.2 Å². The Bertz CT molecular complexity index is 1120. The van der Waals surface area contributed by atoms with E-state index in [9.17, 15) is 14.4 Å². The van der Waals surface area contributed by atoms with Crippen LogP contribution in [0.15, 0.2) is 48.8 Å². The lowest BCUT2D eigenvalue weighted by molar-refractivity contribution is 0.0937. The Morgan fingerprint density at radius 2 is 1.58 bits per heavy atom. The maximum absolute atomic E-state index is 12.8. The van der Waals surface area contributed by atoms with Crippen molar-refractivity contribution < 1.29 is 23.9 Å². The van der Waals surface area contributed by atoms with Gasteiger partial charge in [-0.1, -0.05) is 6.07 Å². The van der Waals surface area contributed by atoms with Crippen molar-refractivity contribution in [1.29, 1.82) is 0 Å². The van der Waals surface area contributed by atoms with Crippen LogP contribution in [0.25, 0.3) is 5.69 Å². The molecule has 0 aliphatic rings. The van der Waals surface area contributed by atoms with Gasteiger partial charge in [0, 0.05) is 18.4 Å². The molecule has 2 aromatic carbocycles. The van der Waals surface area contributed by atoms with Crippen molar-refractivity contribution in [3.63, 3.8) is 0 Å². The summed E-state index contributed by atoms with van der Waals surface area (Å²) >= 11 is 0. The first kappa shape index (κ1) is 21.4. The molecule has 0 radical (unpaired) electrons. The normalized spacial score (nSPS) is 10.3. The van der Waals surface area contributed by atoms with Crippen molar-refractivity contribution in [1.82, 2.24) is 14.9 Å². The molecule has 160 valence electrons. The number of nitrogens with two attached hydrogens (primary N) is 1. The monoisotopic (exact) mass is 423 g/mol. The standard InChI is InChI=1S/C21H21N5O5/c1-23-21(29)17-18(19(22)27)26(11-24-17)13-9-7-12(8-10-13)25-20(28)16-14(30-2)5-4-6-15(16)31-3/h4-11H,1-3H3,(H2,22,27)(H,23,29)(H,25,28). The van der Waals surface area contributed by atoms with Crippen LogP contribution in [0.2, 0.25) is 0 Å². The molecule has 3 rings (SSSR count). The number of amides is 3. The van der Waals surface area contributed by atoms with Crippen LogP contribution in [-0.2, 0) is 0 Å². The molecule has 10 heteroatoms. The van der Waals surface area contributed by atoms with Gasteiger partial charge in [0.25, 0.3) is 17.7 Å². The van der Waals surface area contributed by atoms with Gasteiger partial charge >= 0.3 is 0 Å². The second-order valence-electron chi connectivity index (χ2n) is 6.29. The zero-order valence-corrected chi connectivity index (χ0v) is 17.1. The summed E-state index contributed by atoms with van der Waals surface area (Å²) in [5, 5.41) is 5.19. The summed E-state index contributed by atoms with van der Waals surface area (Å²) in [4.78, 5) is 40.6.